The number of carbonyl (C=O) groups is 1. The third-order valence-corrected chi connectivity index (χ3v) is 4.08. The molecule has 1 amide bonds. The van der Waals surface area contributed by atoms with Crippen molar-refractivity contribution in [3.63, 3.8) is 0 Å². The Labute approximate surface area is 164 Å². The second-order valence-corrected chi connectivity index (χ2v) is 6.16. The van der Waals surface area contributed by atoms with Gasteiger partial charge in [0, 0.05) is 6.54 Å². The number of aliphatic hydroxyl groups excluding tert-OH is 1. The van der Waals surface area contributed by atoms with Crippen molar-refractivity contribution >= 4 is 5.91 Å². The topological polar surface area (TPSA) is 67.8 Å². The van der Waals surface area contributed by atoms with Gasteiger partial charge < -0.3 is 19.9 Å². The summed E-state index contributed by atoms with van der Waals surface area (Å²) in [4.78, 5) is 12.5. The molecule has 5 heteroatoms. The van der Waals surface area contributed by atoms with E-state index >= 15 is 0 Å². The predicted octanol–water partition coefficient (Wildman–Crippen LogP) is 3.57. The van der Waals surface area contributed by atoms with Crippen LogP contribution in [0.1, 0.15) is 21.5 Å². The number of carbonyl (C=O) groups excluding carboxylic acids is 1. The lowest BCUT2D eigenvalue weighted by Crippen LogP contribution is -2.27. The van der Waals surface area contributed by atoms with Crippen molar-refractivity contribution in [2.24, 2.45) is 0 Å². The molecule has 0 aliphatic carbocycles. The number of para-hydroxylation sites is 1. The fourth-order valence-corrected chi connectivity index (χ4v) is 2.69. The molecule has 0 aromatic heterocycles. The lowest BCUT2D eigenvalue weighted by Gasteiger charge is -2.16. The van der Waals surface area contributed by atoms with Crippen LogP contribution in [0.5, 0.6) is 11.5 Å². The van der Waals surface area contributed by atoms with E-state index in [9.17, 15) is 4.79 Å². The summed E-state index contributed by atoms with van der Waals surface area (Å²) in [6.07, 6.45) is 0. The van der Waals surface area contributed by atoms with Crippen molar-refractivity contribution in [3.8, 4) is 11.5 Å². The molecule has 2 N–H and O–H groups in total. The summed E-state index contributed by atoms with van der Waals surface area (Å²) < 4.78 is 11.9. The van der Waals surface area contributed by atoms with Gasteiger partial charge in [0.25, 0.3) is 5.91 Å². The van der Waals surface area contributed by atoms with Gasteiger partial charge in [-0.3, -0.25) is 4.79 Å². The highest BCUT2D eigenvalue weighted by Crippen LogP contribution is 2.33. The van der Waals surface area contributed by atoms with Gasteiger partial charge in [0.2, 0.25) is 0 Å². The average molecular weight is 377 g/mol. The van der Waals surface area contributed by atoms with E-state index in [1.165, 1.54) is 0 Å². The molecule has 0 saturated carbocycles. The van der Waals surface area contributed by atoms with E-state index in [0.717, 1.165) is 11.1 Å². The van der Waals surface area contributed by atoms with Crippen LogP contribution >= 0.6 is 0 Å². The zero-order chi connectivity index (χ0) is 19.6. The number of amides is 1. The Hall–Kier alpha value is -3.31. The van der Waals surface area contributed by atoms with Crippen molar-refractivity contribution < 1.29 is 19.4 Å². The van der Waals surface area contributed by atoms with E-state index in [0.29, 0.717) is 30.3 Å². The van der Waals surface area contributed by atoms with E-state index in [2.05, 4.69) is 5.32 Å². The molecule has 0 spiro atoms. The van der Waals surface area contributed by atoms with Crippen LogP contribution in [-0.4, -0.2) is 24.2 Å². The molecule has 0 unspecified atom stereocenters. The van der Waals surface area contributed by atoms with E-state index in [1.807, 2.05) is 60.7 Å². The molecule has 3 aromatic rings. The molecule has 0 atom stereocenters. The maximum Gasteiger partial charge on any atom is 0.255 e. The Morgan fingerprint density at radius 3 is 2.00 bits per heavy atom. The van der Waals surface area contributed by atoms with Crippen LogP contribution in [0, 0.1) is 0 Å². The van der Waals surface area contributed by atoms with Gasteiger partial charge in [0.1, 0.15) is 13.2 Å². The molecule has 0 bridgehead atoms. The molecule has 0 fully saturated rings. The van der Waals surface area contributed by atoms with Crippen LogP contribution < -0.4 is 14.8 Å². The second-order valence-electron chi connectivity index (χ2n) is 6.16. The SMILES string of the molecule is O=C(NCCO)c1cccc(OCc2ccccc2)c1OCc1ccccc1. The number of ether oxygens (including phenoxy) is 2. The molecule has 0 saturated heterocycles. The molecular formula is C23H23NO4. The molecule has 3 rings (SSSR count). The Bertz CT molecular complexity index is 882. The predicted molar refractivity (Wildman–Crippen MR) is 107 cm³/mol. The Morgan fingerprint density at radius 1 is 0.786 bits per heavy atom. The third-order valence-electron chi connectivity index (χ3n) is 4.08. The monoisotopic (exact) mass is 377 g/mol. The van der Waals surface area contributed by atoms with Crippen LogP contribution in [-0.2, 0) is 13.2 Å². The first-order valence-electron chi connectivity index (χ1n) is 9.13. The number of nitrogens with one attached hydrogen (secondary N) is 1. The molecule has 0 aliphatic rings. The highest BCUT2D eigenvalue weighted by Gasteiger charge is 2.17. The number of aliphatic hydroxyl groups is 1. The Kier molecular flexibility index (Phi) is 7.04. The van der Waals surface area contributed by atoms with E-state index in [-0.39, 0.29) is 19.1 Å². The van der Waals surface area contributed by atoms with Crippen molar-refractivity contribution in [1.29, 1.82) is 0 Å². The maximum absolute atomic E-state index is 12.5. The van der Waals surface area contributed by atoms with Crippen molar-refractivity contribution in [3.05, 3.63) is 95.6 Å². The largest absolute Gasteiger partial charge is 0.485 e. The summed E-state index contributed by atoms with van der Waals surface area (Å²) in [5, 5.41) is 11.6. The van der Waals surface area contributed by atoms with Gasteiger partial charge in [-0.25, -0.2) is 0 Å². The number of hydrogen-bond acceptors (Lipinski definition) is 4. The summed E-state index contributed by atoms with van der Waals surface area (Å²) in [6, 6.07) is 24.7. The van der Waals surface area contributed by atoms with Crippen LogP contribution in [0.2, 0.25) is 0 Å². The van der Waals surface area contributed by atoms with Gasteiger partial charge in [-0.2, -0.15) is 0 Å². The number of hydrogen-bond donors (Lipinski definition) is 2. The first kappa shape index (κ1) is 19.5. The van der Waals surface area contributed by atoms with Crippen molar-refractivity contribution in [1.82, 2.24) is 5.32 Å². The highest BCUT2D eigenvalue weighted by molar-refractivity contribution is 5.97. The van der Waals surface area contributed by atoms with Crippen molar-refractivity contribution in [2.75, 3.05) is 13.2 Å². The zero-order valence-corrected chi connectivity index (χ0v) is 15.5. The zero-order valence-electron chi connectivity index (χ0n) is 15.5. The Balaban J connectivity index is 1.83. The maximum atomic E-state index is 12.5. The molecule has 5 nitrogen and oxygen atoms in total. The summed E-state index contributed by atoms with van der Waals surface area (Å²) in [5.41, 5.74) is 2.38. The van der Waals surface area contributed by atoms with Crippen LogP contribution in [0.15, 0.2) is 78.9 Å². The first-order chi connectivity index (χ1) is 13.8. The summed E-state index contributed by atoms with van der Waals surface area (Å²) in [5.74, 6) is 0.566. The molecule has 3 aromatic carbocycles. The normalized spacial score (nSPS) is 10.3. The van der Waals surface area contributed by atoms with Gasteiger partial charge in [0.05, 0.1) is 12.2 Å². The minimum atomic E-state index is -0.317. The lowest BCUT2D eigenvalue weighted by atomic mass is 10.1. The molecular weight excluding hydrogens is 354 g/mol. The van der Waals surface area contributed by atoms with E-state index in [1.54, 1.807) is 18.2 Å². The first-order valence-corrected chi connectivity index (χ1v) is 9.13. The molecule has 144 valence electrons. The molecule has 0 aliphatic heterocycles. The summed E-state index contributed by atoms with van der Waals surface area (Å²) >= 11 is 0. The third kappa shape index (κ3) is 5.34. The minimum Gasteiger partial charge on any atom is -0.485 e. The fraction of sp³-hybridized carbons (Fsp3) is 0.174. The average Bonchev–Trinajstić information content (AvgIpc) is 2.76. The van der Waals surface area contributed by atoms with Crippen LogP contribution in [0.3, 0.4) is 0 Å². The summed E-state index contributed by atoms with van der Waals surface area (Å²) in [7, 11) is 0. The van der Waals surface area contributed by atoms with Crippen molar-refractivity contribution in [2.45, 2.75) is 13.2 Å². The molecule has 0 radical (unpaired) electrons. The lowest BCUT2D eigenvalue weighted by molar-refractivity contribution is 0.0939. The molecule has 28 heavy (non-hydrogen) atoms. The molecule has 0 heterocycles. The quantitative estimate of drug-likeness (QED) is 0.598. The van der Waals surface area contributed by atoms with Crippen LogP contribution in [0.4, 0.5) is 0 Å². The van der Waals surface area contributed by atoms with Gasteiger partial charge in [0.15, 0.2) is 11.5 Å². The van der Waals surface area contributed by atoms with E-state index < -0.39 is 0 Å². The second kappa shape index (κ2) is 10.1. The Morgan fingerprint density at radius 2 is 1.39 bits per heavy atom. The minimum absolute atomic E-state index is 0.129. The summed E-state index contributed by atoms with van der Waals surface area (Å²) in [6.45, 7) is 0.722. The van der Waals surface area contributed by atoms with Gasteiger partial charge in [-0.1, -0.05) is 66.7 Å². The number of rotatable bonds is 9. The van der Waals surface area contributed by atoms with Gasteiger partial charge in [-0.15, -0.1) is 0 Å². The standard InChI is InChI=1S/C23H23NO4/c25-15-14-24-23(26)20-12-7-13-21(27-16-18-8-3-1-4-9-18)22(20)28-17-19-10-5-2-6-11-19/h1-13,25H,14-17H2,(H,24,26). The number of benzene rings is 3. The van der Waals surface area contributed by atoms with E-state index in [4.69, 9.17) is 14.6 Å². The van der Waals surface area contributed by atoms with Gasteiger partial charge >= 0.3 is 0 Å². The van der Waals surface area contributed by atoms with Crippen LogP contribution in [0.25, 0.3) is 0 Å². The fourth-order valence-electron chi connectivity index (χ4n) is 2.69. The van der Waals surface area contributed by atoms with Gasteiger partial charge in [-0.05, 0) is 23.3 Å². The highest BCUT2D eigenvalue weighted by atomic mass is 16.5. The smallest absolute Gasteiger partial charge is 0.255 e.